The number of aryl methyl sites for hydroxylation is 1. The Bertz CT molecular complexity index is 990. The topological polar surface area (TPSA) is 78.3 Å². The van der Waals surface area contributed by atoms with E-state index in [0.29, 0.717) is 22.5 Å². The number of aromatic nitrogens is 3. The van der Waals surface area contributed by atoms with Crippen LogP contribution in [0.2, 0.25) is 0 Å². The molecule has 3 rings (SSSR count). The highest BCUT2D eigenvalue weighted by Gasteiger charge is 2.19. The minimum atomic E-state index is -0.334. The lowest BCUT2D eigenvalue weighted by molar-refractivity contribution is -0.113. The second-order valence-corrected chi connectivity index (χ2v) is 7.46. The Morgan fingerprint density at radius 1 is 1.17 bits per heavy atom. The monoisotopic (exact) mass is 412 g/mol. The Morgan fingerprint density at radius 2 is 1.93 bits per heavy atom. The number of methoxy groups -OCH3 is 1. The van der Waals surface area contributed by atoms with Crippen LogP contribution in [0.1, 0.15) is 24.4 Å². The fourth-order valence-corrected chi connectivity index (χ4v) is 3.53. The number of thioether (sulfide) groups is 1. The third-order valence-corrected chi connectivity index (χ3v) is 5.26. The molecule has 1 unspecified atom stereocenters. The van der Waals surface area contributed by atoms with Crippen LogP contribution in [0.25, 0.3) is 0 Å². The normalized spacial score (nSPS) is 11.7. The van der Waals surface area contributed by atoms with Crippen LogP contribution in [0.3, 0.4) is 0 Å². The lowest BCUT2D eigenvalue weighted by Crippen LogP contribution is -2.15. The molecule has 29 heavy (non-hydrogen) atoms. The van der Waals surface area contributed by atoms with Crippen LogP contribution < -0.4 is 14.8 Å². The van der Waals surface area contributed by atoms with Crippen LogP contribution in [0.5, 0.6) is 11.5 Å². The van der Waals surface area contributed by atoms with Gasteiger partial charge in [0.05, 0.1) is 12.9 Å². The maximum atomic E-state index is 12.2. The van der Waals surface area contributed by atoms with Crippen LogP contribution in [-0.4, -0.2) is 33.5 Å². The number of rotatable bonds is 8. The van der Waals surface area contributed by atoms with Crippen molar-refractivity contribution in [1.29, 1.82) is 0 Å². The largest absolute Gasteiger partial charge is 0.493 e. The summed E-state index contributed by atoms with van der Waals surface area (Å²) in [4.78, 5) is 12.2. The van der Waals surface area contributed by atoms with E-state index in [1.54, 1.807) is 7.11 Å². The van der Waals surface area contributed by atoms with Crippen molar-refractivity contribution in [3.05, 3.63) is 59.9 Å². The van der Waals surface area contributed by atoms with E-state index in [1.165, 1.54) is 11.8 Å². The average Bonchev–Trinajstić information content (AvgIpc) is 3.07. The first-order chi connectivity index (χ1) is 14.0. The molecule has 1 amide bonds. The lowest BCUT2D eigenvalue weighted by Gasteiger charge is -2.16. The van der Waals surface area contributed by atoms with Crippen LogP contribution in [0.15, 0.2) is 53.7 Å². The Balaban J connectivity index is 1.60. The number of carbonyl (C=O) groups is 1. The summed E-state index contributed by atoms with van der Waals surface area (Å²) in [6, 6.07) is 15.1. The fraction of sp³-hybridized carbons (Fsp3) is 0.286. The molecular weight excluding hydrogens is 388 g/mol. The number of carbonyl (C=O) groups excluding carboxylic acids is 1. The van der Waals surface area contributed by atoms with Gasteiger partial charge in [0.25, 0.3) is 0 Å². The summed E-state index contributed by atoms with van der Waals surface area (Å²) in [6.07, 6.45) is -0.334. The van der Waals surface area contributed by atoms with Gasteiger partial charge in [-0.25, -0.2) is 0 Å². The molecule has 152 valence electrons. The van der Waals surface area contributed by atoms with Crippen molar-refractivity contribution in [3.63, 3.8) is 0 Å². The molecule has 0 bridgehead atoms. The number of nitrogens with one attached hydrogen (secondary N) is 1. The minimum absolute atomic E-state index is 0.0940. The highest BCUT2D eigenvalue weighted by Crippen LogP contribution is 2.30. The van der Waals surface area contributed by atoms with Gasteiger partial charge in [-0.15, -0.1) is 10.2 Å². The zero-order valence-corrected chi connectivity index (χ0v) is 17.7. The van der Waals surface area contributed by atoms with Crippen molar-refractivity contribution in [2.45, 2.75) is 25.1 Å². The van der Waals surface area contributed by atoms with Gasteiger partial charge in [-0.2, -0.15) is 0 Å². The maximum absolute atomic E-state index is 12.2. The molecule has 8 heteroatoms. The predicted molar refractivity (Wildman–Crippen MR) is 114 cm³/mol. The van der Waals surface area contributed by atoms with Crippen molar-refractivity contribution in [3.8, 4) is 11.5 Å². The van der Waals surface area contributed by atoms with Gasteiger partial charge in [-0.3, -0.25) is 4.79 Å². The molecule has 1 N–H and O–H groups in total. The number of benzene rings is 2. The Morgan fingerprint density at radius 3 is 2.66 bits per heavy atom. The maximum Gasteiger partial charge on any atom is 0.234 e. The molecule has 0 aliphatic heterocycles. The van der Waals surface area contributed by atoms with E-state index in [9.17, 15) is 4.79 Å². The first kappa shape index (κ1) is 20.7. The van der Waals surface area contributed by atoms with Crippen LogP contribution in [0.4, 0.5) is 5.69 Å². The summed E-state index contributed by atoms with van der Waals surface area (Å²) in [6.45, 7) is 3.88. The Hall–Kier alpha value is -3.00. The van der Waals surface area contributed by atoms with Gasteiger partial charge >= 0.3 is 0 Å². The number of hydrogen-bond acceptors (Lipinski definition) is 6. The summed E-state index contributed by atoms with van der Waals surface area (Å²) in [5.74, 6) is 2.10. The molecular formula is C21H24N4O3S. The summed E-state index contributed by atoms with van der Waals surface area (Å²) >= 11 is 1.33. The first-order valence-electron chi connectivity index (χ1n) is 9.16. The summed E-state index contributed by atoms with van der Waals surface area (Å²) < 4.78 is 13.2. The van der Waals surface area contributed by atoms with Gasteiger partial charge in [-0.1, -0.05) is 36.0 Å². The van der Waals surface area contributed by atoms with Gasteiger partial charge in [0, 0.05) is 12.7 Å². The van der Waals surface area contributed by atoms with E-state index in [1.807, 2.05) is 74.0 Å². The van der Waals surface area contributed by atoms with Gasteiger partial charge < -0.3 is 19.4 Å². The zero-order chi connectivity index (χ0) is 20.8. The Kier molecular flexibility index (Phi) is 6.77. The van der Waals surface area contributed by atoms with Crippen molar-refractivity contribution >= 4 is 23.4 Å². The van der Waals surface area contributed by atoms with Gasteiger partial charge in [0.2, 0.25) is 5.91 Å². The molecule has 0 fully saturated rings. The lowest BCUT2D eigenvalue weighted by atomic mass is 10.2. The van der Waals surface area contributed by atoms with Crippen LogP contribution >= 0.6 is 11.8 Å². The zero-order valence-electron chi connectivity index (χ0n) is 16.9. The van der Waals surface area contributed by atoms with Gasteiger partial charge in [0.15, 0.2) is 28.6 Å². The molecule has 2 aromatic carbocycles. The minimum Gasteiger partial charge on any atom is -0.493 e. The van der Waals surface area contributed by atoms with E-state index in [0.717, 1.165) is 11.3 Å². The average molecular weight is 413 g/mol. The van der Waals surface area contributed by atoms with E-state index in [4.69, 9.17) is 9.47 Å². The second kappa shape index (κ2) is 9.47. The standard InChI is InChI=1S/C21H24N4O3S/c1-14-8-7-9-16(12-14)22-19(26)13-29-21-24-23-20(25(21)3)15(2)28-18-11-6-5-10-17(18)27-4/h5-12,15H,13H2,1-4H3,(H,22,26). The number of nitrogens with zero attached hydrogens (tertiary/aromatic N) is 3. The smallest absolute Gasteiger partial charge is 0.234 e. The number of hydrogen-bond donors (Lipinski definition) is 1. The summed E-state index contributed by atoms with van der Waals surface area (Å²) in [7, 11) is 3.46. The van der Waals surface area contributed by atoms with E-state index >= 15 is 0 Å². The van der Waals surface area contributed by atoms with E-state index in [-0.39, 0.29) is 17.8 Å². The quantitative estimate of drug-likeness (QED) is 0.564. The number of anilines is 1. The molecule has 0 saturated heterocycles. The van der Waals surface area contributed by atoms with E-state index in [2.05, 4.69) is 15.5 Å². The molecule has 0 radical (unpaired) electrons. The van der Waals surface area contributed by atoms with Crippen molar-refractivity contribution in [2.75, 3.05) is 18.2 Å². The molecule has 0 aliphatic carbocycles. The highest BCUT2D eigenvalue weighted by molar-refractivity contribution is 7.99. The number of amides is 1. The number of ether oxygens (including phenoxy) is 2. The second-order valence-electron chi connectivity index (χ2n) is 6.52. The molecule has 0 spiro atoms. The van der Waals surface area contributed by atoms with E-state index < -0.39 is 0 Å². The molecule has 7 nitrogen and oxygen atoms in total. The highest BCUT2D eigenvalue weighted by atomic mass is 32.2. The molecule has 1 heterocycles. The third kappa shape index (κ3) is 5.29. The van der Waals surface area contributed by atoms with Crippen LogP contribution in [0, 0.1) is 6.92 Å². The summed E-state index contributed by atoms with van der Waals surface area (Å²) in [5, 5.41) is 12.0. The summed E-state index contributed by atoms with van der Waals surface area (Å²) in [5.41, 5.74) is 1.88. The molecule has 1 aromatic heterocycles. The molecule has 0 saturated carbocycles. The Labute approximate surface area is 174 Å². The van der Waals surface area contributed by atoms with Crippen molar-refractivity contribution in [1.82, 2.24) is 14.8 Å². The number of para-hydroxylation sites is 2. The van der Waals surface area contributed by atoms with Gasteiger partial charge in [0.1, 0.15) is 0 Å². The van der Waals surface area contributed by atoms with Crippen molar-refractivity contribution < 1.29 is 14.3 Å². The molecule has 1 atom stereocenters. The molecule has 3 aromatic rings. The first-order valence-corrected chi connectivity index (χ1v) is 10.1. The fourth-order valence-electron chi connectivity index (χ4n) is 2.82. The third-order valence-electron chi connectivity index (χ3n) is 4.24. The predicted octanol–water partition coefficient (Wildman–Crippen LogP) is 4.00. The van der Waals surface area contributed by atoms with Gasteiger partial charge in [-0.05, 0) is 43.7 Å². The molecule has 0 aliphatic rings. The SMILES string of the molecule is COc1ccccc1OC(C)c1nnc(SCC(=O)Nc2cccc(C)c2)n1C. The van der Waals surface area contributed by atoms with Crippen LogP contribution in [-0.2, 0) is 11.8 Å². The van der Waals surface area contributed by atoms with Crippen molar-refractivity contribution in [2.24, 2.45) is 7.05 Å².